The van der Waals surface area contributed by atoms with Crippen molar-refractivity contribution in [2.75, 3.05) is 26.3 Å². The van der Waals surface area contributed by atoms with E-state index in [1.807, 2.05) is 6.92 Å². The Labute approximate surface area is 78.3 Å². The molecule has 0 aliphatic carbocycles. The Hall–Kier alpha value is -0.610. The molecular formula is C9H17NO3. The standard InChI is InChI=1S/C9H17NO3/c1-2-13-7-9(8(11)12)4-3-5-10-6-9/h10H,2-7H2,1H3,(H,11,12). The molecule has 0 aromatic carbocycles. The van der Waals surface area contributed by atoms with Gasteiger partial charge in [0.25, 0.3) is 0 Å². The van der Waals surface area contributed by atoms with Crippen LogP contribution in [0.3, 0.4) is 0 Å². The molecule has 0 bridgehead atoms. The molecule has 1 heterocycles. The Balaban J connectivity index is 2.56. The molecular weight excluding hydrogens is 170 g/mol. The summed E-state index contributed by atoms with van der Waals surface area (Å²) in [5.41, 5.74) is -0.686. The van der Waals surface area contributed by atoms with Crippen LogP contribution in [0.5, 0.6) is 0 Å². The van der Waals surface area contributed by atoms with Gasteiger partial charge in [-0.3, -0.25) is 4.79 Å². The van der Waals surface area contributed by atoms with Crippen LogP contribution in [-0.4, -0.2) is 37.4 Å². The quantitative estimate of drug-likeness (QED) is 0.672. The van der Waals surface area contributed by atoms with Crippen molar-refractivity contribution in [1.82, 2.24) is 5.32 Å². The Morgan fingerprint density at radius 1 is 1.69 bits per heavy atom. The minimum absolute atomic E-state index is 0.325. The van der Waals surface area contributed by atoms with Crippen molar-refractivity contribution in [2.24, 2.45) is 5.41 Å². The van der Waals surface area contributed by atoms with E-state index in [4.69, 9.17) is 9.84 Å². The predicted octanol–water partition coefficient (Wildman–Crippen LogP) is 0.477. The van der Waals surface area contributed by atoms with E-state index in [0.29, 0.717) is 19.8 Å². The number of aliphatic carboxylic acids is 1. The van der Waals surface area contributed by atoms with E-state index in [-0.39, 0.29) is 0 Å². The van der Waals surface area contributed by atoms with Gasteiger partial charge in [-0.15, -0.1) is 0 Å². The van der Waals surface area contributed by atoms with Gasteiger partial charge in [0, 0.05) is 13.2 Å². The molecule has 1 aliphatic rings. The van der Waals surface area contributed by atoms with Crippen molar-refractivity contribution in [2.45, 2.75) is 19.8 Å². The summed E-state index contributed by atoms with van der Waals surface area (Å²) in [4.78, 5) is 11.1. The van der Waals surface area contributed by atoms with E-state index < -0.39 is 11.4 Å². The van der Waals surface area contributed by atoms with Crippen molar-refractivity contribution in [3.8, 4) is 0 Å². The van der Waals surface area contributed by atoms with E-state index in [1.54, 1.807) is 0 Å². The Bertz CT molecular complexity index is 176. The molecule has 0 saturated carbocycles. The van der Waals surface area contributed by atoms with Gasteiger partial charge in [-0.2, -0.15) is 0 Å². The van der Waals surface area contributed by atoms with Crippen LogP contribution in [0.25, 0.3) is 0 Å². The monoisotopic (exact) mass is 187 g/mol. The van der Waals surface area contributed by atoms with Crippen molar-refractivity contribution in [3.63, 3.8) is 0 Å². The average molecular weight is 187 g/mol. The third kappa shape index (κ3) is 2.42. The minimum Gasteiger partial charge on any atom is -0.481 e. The first-order chi connectivity index (χ1) is 6.21. The summed E-state index contributed by atoms with van der Waals surface area (Å²) in [6.07, 6.45) is 1.63. The van der Waals surface area contributed by atoms with Crippen LogP contribution in [0.15, 0.2) is 0 Å². The zero-order valence-corrected chi connectivity index (χ0v) is 8.01. The van der Waals surface area contributed by atoms with Gasteiger partial charge in [-0.25, -0.2) is 0 Å². The first kappa shape index (κ1) is 10.5. The molecule has 13 heavy (non-hydrogen) atoms. The minimum atomic E-state index is -0.742. The summed E-state index contributed by atoms with van der Waals surface area (Å²) >= 11 is 0. The second kappa shape index (κ2) is 4.58. The van der Waals surface area contributed by atoms with E-state index in [9.17, 15) is 4.79 Å². The van der Waals surface area contributed by atoms with E-state index >= 15 is 0 Å². The number of rotatable bonds is 4. The second-order valence-corrected chi connectivity index (χ2v) is 3.50. The lowest BCUT2D eigenvalue weighted by molar-refractivity contribution is -0.154. The van der Waals surface area contributed by atoms with Crippen LogP contribution < -0.4 is 5.32 Å². The fourth-order valence-corrected chi connectivity index (χ4v) is 1.63. The highest BCUT2D eigenvalue weighted by atomic mass is 16.5. The lowest BCUT2D eigenvalue weighted by atomic mass is 9.81. The maximum absolute atomic E-state index is 11.1. The van der Waals surface area contributed by atoms with Crippen LogP contribution in [-0.2, 0) is 9.53 Å². The normalized spacial score (nSPS) is 28.7. The van der Waals surface area contributed by atoms with Crippen LogP contribution >= 0.6 is 0 Å². The molecule has 2 N–H and O–H groups in total. The van der Waals surface area contributed by atoms with Gasteiger partial charge < -0.3 is 15.2 Å². The van der Waals surface area contributed by atoms with Gasteiger partial charge in [-0.1, -0.05) is 0 Å². The zero-order chi connectivity index (χ0) is 9.73. The molecule has 1 aliphatic heterocycles. The predicted molar refractivity (Wildman–Crippen MR) is 48.7 cm³/mol. The SMILES string of the molecule is CCOCC1(C(=O)O)CCCNC1. The Morgan fingerprint density at radius 3 is 2.92 bits per heavy atom. The summed E-state index contributed by atoms with van der Waals surface area (Å²) in [7, 11) is 0. The topological polar surface area (TPSA) is 58.6 Å². The van der Waals surface area contributed by atoms with Crippen molar-refractivity contribution in [3.05, 3.63) is 0 Å². The molecule has 4 nitrogen and oxygen atoms in total. The number of carboxylic acid groups (broad SMARTS) is 1. The highest BCUT2D eigenvalue weighted by Crippen LogP contribution is 2.26. The van der Waals surface area contributed by atoms with Crippen LogP contribution in [0.4, 0.5) is 0 Å². The molecule has 1 atom stereocenters. The van der Waals surface area contributed by atoms with Gasteiger partial charge in [0.1, 0.15) is 5.41 Å². The summed E-state index contributed by atoms with van der Waals surface area (Å²) in [6.45, 7) is 4.23. The summed E-state index contributed by atoms with van der Waals surface area (Å²) in [5, 5.41) is 12.2. The maximum atomic E-state index is 11.1. The highest BCUT2D eigenvalue weighted by Gasteiger charge is 2.39. The summed E-state index contributed by atoms with van der Waals surface area (Å²) < 4.78 is 5.22. The van der Waals surface area contributed by atoms with E-state index in [0.717, 1.165) is 19.4 Å². The molecule has 0 radical (unpaired) electrons. The van der Waals surface area contributed by atoms with Gasteiger partial charge in [0.2, 0.25) is 0 Å². The smallest absolute Gasteiger partial charge is 0.313 e. The summed E-state index contributed by atoms with van der Waals surface area (Å²) in [6, 6.07) is 0. The molecule has 1 unspecified atom stereocenters. The maximum Gasteiger partial charge on any atom is 0.313 e. The van der Waals surface area contributed by atoms with Crippen LogP contribution in [0, 0.1) is 5.41 Å². The van der Waals surface area contributed by atoms with E-state index in [1.165, 1.54) is 0 Å². The first-order valence-corrected chi connectivity index (χ1v) is 4.73. The average Bonchev–Trinajstić information content (AvgIpc) is 2.16. The molecule has 76 valence electrons. The third-order valence-electron chi connectivity index (χ3n) is 2.51. The molecule has 1 fully saturated rings. The van der Waals surface area contributed by atoms with Gasteiger partial charge in [0.05, 0.1) is 6.61 Å². The molecule has 0 amide bonds. The molecule has 0 aromatic heterocycles. The lowest BCUT2D eigenvalue weighted by Crippen LogP contribution is -2.48. The number of ether oxygens (including phenoxy) is 1. The number of carboxylic acids is 1. The fourth-order valence-electron chi connectivity index (χ4n) is 1.63. The van der Waals surface area contributed by atoms with Crippen molar-refractivity contribution < 1.29 is 14.6 Å². The third-order valence-corrected chi connectivity index (χ3v) is 2.51. The second-order valence-electron chi connectivity index (χ2n) is 3.50. The fraction of sp³-hybridized carbons (Fsp3) is 0.889. The van der Waals surface area contributed by atoms with Gasteiger partial charge >= 0.3 is 5.97 Å². The number of hydrogen-bond donors (Lipinski definition) is 2. The van der Waals surface area contributed by atoms with Gasteiger partial charge in [0.15, 0.2) is 0 Å². The Kier molecular flexibility index (Phi) is 3.69. The van der Waals surface area contributed by atoms with Crippen LogP contribution in [0.2, 0.25) is 0 Å². The summed E-state index contributed by atoms with van der Waals surface area (Å²) in [5.74, 6) is -0.742. The number of carbonyl (C=O) groups is 1. The number of nitrogens with one attached hydrogen (secondary N) is 1. The molecule has 1 rings (SSSR count). The first-order valence-electron chi connectivity index (χ1n) is 4.73. The highest BCUT2D eigenvalue weighted by molar-refractivity contribution is 5.75. The Morgan fingerprint density at radius 2 is 2.46 bits per heavy atom. The van der Waals surface area contributed by atoms with Crippen molar-refractivity contribution in [1.29, 1.82) is 0 Å². The van der Waals surface area contributed by atoms with Crippen LogP contribution in [0.1, 0.15) is 19.8 Å². The van der Waals surface area contributed by atoms with Crippen molar-refractivity contribution >= 4 is 5.97 Å². The van der Waals surface area contributed by atoms with Gasteiger partial charge in [-0.05, 0) is 26.3 Å². The number of piperidine rings is 1. The largest absolute Gasteiger partial charge is 0.481 e. The lowest BCUT2D eigenvalue weighted by Gasteiger charge is -2.33. The molecule has 0 spiro atoms. The van der Waals surface area contributed by atoms with E-state index in [2.05, 4.69) is 5.32 Å². The molecule has 1 saturated heterocycles. The zero-order valence-electron chi connectivity index (χ0n) is 8.01. The molecule has 0 aromatic rings. The molecule has 4 heteroatoms. The number of hydrogen-bond acceptors (Lipinski definition) is 3.